The molecule has 0 aliphatic heterocycles. The fourth-order valence-corrected chi connectivity index (χ4v) is 2.46. The molecule has 0 radical (unpaired) electrons. The molecule has 3 aromatic rings. The van der Waals surface area contributed by atoms with Gasteiger partial charge in [0.05, 0.1) is 12.0 Å². The largest absolute Gasteiger partial charge is 0.465 e. The van der Waals surface area contributed by atoms with Crippen molar-refractivity contribution in [1.82, 2.24) is 25.3 Å². The standard InChI is InChI=1S/C19H22N6O2/c1-13-14(2)24-25(15(13)3)18-8-7-17(22-23-18)20-10-11-21-19(26)9-6-16-5-4-12-27-16/h4-9,12H,10-11H2,1-3H3,(H,20,22)(H,21,26)/b9-6+. The Bertz CT molecular complexity index is 926. The molecule has 8 nitrogen and oxygen atoms in total. The number of rotatable bonds is 7. The molecule has 8 heteroatoms. The van der Waals surface area contributed by atoms with Crippen molar-refractivity contribution in [3.63, 3.8) is 0 Å². The summed E-state index contributed by atoms with van der Waals surface area (Å²) in [6.45, 7) is 7.01. The molecule has 0 atom stereocenters. The summed E-state index contributed by atoms with van der Waals surface area (Å²) in [7, 11) is 0. The molecular weight excluding hydrogens is 344 g/mol. The zero-order valence-corrected chi connectivity index (χ0v) is 15.6. The molecule has 0 aromatic carbocycles. The van der Waals surface area contributed by atoms with E-state index < -0.39 is 0 Å². The van der Waals surface area contributed by atoms with Crippen molar-refractivity contribution in [3.8, 4) is 5.82 Å². The highest BCUT2D eigenvalue weighted by Crippen LogP contribution is 2.15. The lowest BCUT2D eigenvalue weighted by Gasteiger charge is -2.07. The van der Waals surface area contributed by atoms with Crippen LogP contribution in [0.4, 0.5) is 5.82 Å². The first-order chi connectivity index (χ1) is 13.0. The van der Waals surface area contributed by atoms with Crippen LogP contribution in [0, 0.1) is 20.8 Å². The van der Waals surface area contributed by atoms with E-state index in [0.29, 0.717) is 30.5 Å². The highest BCUT2D eigenvalue weighted by molar-refractivity contribution is 5.91. The van der Waals surface area contributed by atoms with Crippen LogP contribution >= 0.6 is 0 Å². The summed E-state index contributed by atoms with van der Waals surface area (Å²) < 4.78 is 6.91. The lowest BCUT2D eigenvalue weighted by Crippen LogP contribution is -2.27. The first-order valence-corrected chi connectivity index (χ1v) is 8.65. The fourth-order valence-electron chi connectivity index (χ4n) is 2.46. The molecule has 0 aliphatic carbocycles. The van der Waals surface area contributed by atoms with E-state index in [1.165, 1.54) is 6.08 Å². The predicted octanol–water partition coefficient (Wildman–Crippen LogP) is 2.42. The molecule has 1 amide bonds. The van der Waals surface area contributed by atoms with Gasteiger partial charge in [-0.05, 0) is 56.7 Å². The van der Waals surface area contributed by atoms with Crippen LogP contribution in [-0.4, -0.2) is 39.0 Å². The molecule has 0 unspecified atom stereocenters. The number of aromatic nitrogens is 4. The quantitative estimate of drug-likeness (QED) is 0.492. The van der Waals surface area contributed by atoms with Crippen molar-refractivity contribution < 1.29 is 9.21 Å². The lowest BCUT2D eigenvalue weighted by atomic mass is 10.2. The van der Waals surface area contributed by atoms with Gasteiger partial charge in [0.15, 0.2) is 5.82 Å². The Morgan fingerprint density at radius 3 is 2.67 bits per heavy atom. The molecule has 3 rings (SSSR count). The second-order valence-corrected chi connectivity index (χ2v) is 6.05. The van der Waals surface area contributed by atoms with Crippen molar-refractivity contribution in [2.75, 3.05) is 18.4 Å². The van der Waals surface area contributed by atoms with Crippen LogP contribution in [0.25, 0.3) is 11.9 Å². The molecule has 0 aliphatic rings. The second-order valence-electron chi connectivity index (χ2n) is 6.05. The number of aryl methyl sites for hydroxylation is 1. The Hall–Kier alpha value is -3.42. The van der Waals surface area contributed by atoms with Crippen molar-refractivity contribution >= 4 is 17.8 Å². The summed E-state index contributed by atoms with van der Waals surface area (Å²) in [6.07, 6.45) is 4.61. The smallest absolute Gasteiger partial charge is 0.244 e. The lowest BCUT2D eigenvalue weighted by molar-refractivity contribution is -0.116. The van der Waals surface area contributed by atoms with E-state index in [0.717, 1.165) is 17.0 Å². The van der Waals surface area contributed by atoms with Gasteiger partial charge in [-0.25, -0.2) is 4.68 Å². The average molecular weight is 366 g/mol. The Morgan fingerprint density at radius 1 is 1.19 bits per heavy atom. The number of hydrogen-bond acceptors (Lipinski definition) is 6. The van der Waals surface area contributed by atoms with E-state index in [-0.39, 0.29) is 5.91 Å². The number of amides is 1. The fraction of sp³-hybridized carbons (Fsp3) is 0.263. The maximum atomic E-state index is 11.7. The van der Waals surface area contributed by atoms with Crippen molar-refractivity contribution in [1.29, 1.82) is 0 Å². The first-order valence-electron chi connectivity index (χ1n) is 8.65. The minimum Gasteiger partial charge on any atom is -0.465 e. The normalized spacial score (nSPS) is 11.1. The minimum atomic E-state index is -0.186. The summed E-state index contributed by atoms with van der Waals surface area (Å²) in [5.41, 5.74) is 3.18. The zero-order valence-electron chi connectivity index (χ0n) is 15.6. The van der Waals surface area contributed by atoms with Gasteiger partial charge in [-0.15, -0.1) is 10.2 Å². The van der Waals surface area contributed by atoms with Crippen LogP contribution in [0.5, 0.6) is 0 Å². The molecule has 0 fully saturated rings. The van der Waals surface area contributed by atoms with E-state index in [1.807, 2.05) is 32.9 Å². The number of anilines is 1. The van der Waals surface area contributed by atoms with Crippen LogP contribution in [0.2, 0.25) is 0 Å². The number of nitrogens with one attached hydrogen (secondary N) is 2. The van der Waals surface area contributed by atoms with Gasteiger partial charge >= 0.3 is 0 Å². The Labute approximate surface area is 157 Å². The zero-order chi connectivity index (χ0) is 19.2. The number of furan rings is 1. The SMILES string of the molecule is Cc1nn(-c2ccc(NCCNC(=O)/C=C/c3ccco3)nn2)c(C)c1C. The third-order valence-corrected chi connectivity index (χ3v) is 4.19. The number of hydrogen-bond donors (Lipinski definition) is 2. The molecule has 2 N–H and O–H groups in total. The molecule has 27 heavy (non-hydrogen) atoms. The van der Waals surface area contributed by atoms with Gasteiger partial charge in [0.25, 0.3) is 0 Å². The Morgan fingerprint density at radius 2 is 2.04 bits per heavy atom. The Kier molecular flexibility index (Phi) is 5.65. The molecule has 3 heterocycles. The van der Waals surface area contributed by atoms with Crippen LogP contribution < -0.4 is 10.6 Å². The van der Waals surface area contributed by atoms with E-state index in [1.54, 1.807) is 29.2 Å². The molecular formula is C19H22N6O2. The maximum absolute atomic E-state index is 11.7. The monoisotopic (exact) mass is 366 g/mol. The molecule has 140 valence electrons. The Balaban J connectivity index is 1.46. The number of carbonyl (C=O) groups is 1. The summed E-state index contributed by atoms with van der Waals surface area (Å²) in [4.78, 5) is 11.7. The molecule has 0 spiro atoms. The van der Waals surface area contributed by atoms with Gasteiger partial charge in [0, 0.05) is 24.9 Å². The summed E-state index contributed by atoms with van der Waals surface area (Å²) in [5.74, 6) is 1.76. The van der Waals surface area contributed by atoms with E-state index >= 15 is 0 Å². The number of carbonyl (C=O) groups excluding carboxylic acids is 1. The first kappa shape index (κ1) is 18.4. The van der Waals surface area contributed by atoms with Gasteiger partial charge in [-0.3, -0.25) is 4.79 Å². The molecule has 0 saturated heterocycles. The van der Waals surface area contributed by atoms with Gasteiger partial charge < -0.3 is 15.1 Å². The summed E-state index contributed by atoms with van der Waals surface area (Å²) in [6, 6.07) is 7.25. The highest BCUT2D eigenvalue weighted by Gasteiger charge is 2.10. The van der Waals surface area contributed by atoms with Crippen molar-refractivity contribution in [2.24, 2.45) is 0 Å². The van der Waals surface area contributed by atoms with Crippen molar-refractivity contribution in [3.05, 3.63) is 59.3 Å². The average Bonchev–Trinajstić information content (AvgIpc) is 3.28. The predicted molar refractivity (Wildman–Crippen MR) is 103 cm³/mol. The molecule has 0 bridgehead atoms. The van der Waals surface area contributed by atoms with Gasteiger partial charge in [0.2, 0.25) is 5.91 Å². The van der Waals surface area contributed by atoms with Gasteiger partial charge in [0.1, 0.15) is 11.6 Å². The third-order valence-electron chi connectivity index (χ3n) is 4.19. The van der Waals surface area contributed by atoms with Gasteiger partial charge in [-0.2, -0.15) is 5.10 Å². The van der Waals surface area contributed by atoms with Crippen LogP contribution in [0.3, 0.4) is 0 Å². The number of nitrogens with zero attached hydrogens (tertiary/aromatic N) is 4. The summed E-state index contributed by atoms with van der Waals surface area (Å²) >= 11 is 0. The van der Waals surface area contributed by atoms with Crippen LogP contribution in [0.15, 0.2) is 41.0 Å². The van der Waals surface area contributed by atoms with E-state index in [4.69, 9.17) is 4.42 Å². The van der Waals surface area contributed by atoms with E-state index in [9.17, 15) is 4.79 Å². The third kappa shape index (κ3) is 4.60. The summed E-state index contributed by atoms with van der Waals surface area (Å²) in [5, 5.41) is 18.7. The molecule has 3 aromatic heterocycles. The van der Waals surface area contributed by atoms with Gasteiger partial charge in [-0.1, -0.05) is 0 Å². The molecule has 0 saturated carbocycles. The minimum absolute atomic E-state index is 0.186. The highest BCUT2D eigenvalue weighted by atomic mass is 16.3. The van der Waals surface area contributed by atoms with Crippen molar-refractivity contribution in [2.45, 2.75) is 20.8 Å². The second kappa shape index (κ2) is 8.31. The van der Waals surface area contributed by atoms with E-state index in [2.05, 4.69) is 25.9 Å². The topological polar surface area (TPSA) is 97.9 Å². The van der Waals surface area contributed by atoms with Crippen LogP contribution in [-0.2, 0) is 4.79 Å². The van der Waals surface area contributed by atoms with Crippen LogP contribution in [0.1, 0.15) is 22.7 Å². The maximum Gasteiger partial charge on any atom is 0.244 e.